The highest BCUT2D eigenvalue weighted by Gasteiger charge is 2.48. The number of fused-ring (bicyclic) bond motifs is 2. The number of pyridine rings is 1. The number of nitrogens with zero attached hydrogens (tertiary/aromatic N) is 4. The van der Waals surface area contributed by atoms with Crippen molar-refractivity contribution in [2.45, 2.75) is 56.4 Å². The van der Waals surface area contributed by atoms with Crippen LogP contribution in [0.4, 0.5) is 5.82 Å². The van der Waals surface area contributed by atoms with Gasteiger partial charge in [-0.1, -0.05) is 23.7 Å². The molecule has 5 rings (SSSR count). The van der Waals surface area contributed by atoms with Crippen molar-refractivity contribution in [3.05, 3.63) is 68.5 Å². The summed E-state index contributed by atoms with van der Waals surface area (Å²) in [7, 11) is 0. The van der Waals surface area contributed by atoms with Crippen molar-refractivity contribution in [3.63, 3.8) is 0 Å². The first-order valence-corrected chi connectivity index (χ1v) is 11.9. The van der Waals surface area contributed by atoms with Gasteiger partial charge in [0.15, 0.2) is 0 Å². The molecule has 2 aromatic heterocycles. The van der Waals surface area contributed by atoms with Crippen molar-refractivity contribution in [1.82, 2.24) is 14.5 Å². The number of anilines is 1. The lowest BCUT2D eigenvalue weighted by atomic mass is 9.73. The fourth-order valence-electron chi connectivity index (χ4n) is 5.50. The van der Waals surface area contributed by atoms with Crippen LogP contribution in [0.25, 0.3) is 5.70 Å². The third-order valence-corrected chi connectivity index (χ3v) is 8.26. The number of nitrogens with two attached hydrogens (primary N) is 1. The highest BCUT2D eigenvalue weighted by molar-refractivity contribution is 6.39. The first-order valence-electron chi connectivity index (χ1n) is 11.1. The van der Waals surface area contributed by atoms with Crippen LogP contribution in [-0.4, -0.2) is 39.0 Å². The molecule has 3 heterocycles. The maximum atomic E-state index is 13.4. The largest absolute Gasteiger partial charge is 0.356 e. The molecule has 0 aromatic carbocycles. The van der Waals surface area contributed by atoms with E-state index < -0.39 is 0 Å². The molecule has 1 unspecified atom stereocenters. The summed E-state index contributed by atoms with van der Waals surface area (Å²) in [6, 6.07) is 4.21. The summed E-state index contributed by atoms with van der Waals surface area (Å²) in [6.45, 7) is 5.25. The first-order chi connectivity index (χ1) is 15.3. The number of hydrogen-bond donors (Lipinski definition) is 1. The molecular formula is C24H27Cl2N5O. The summed E-state index contributed by atoms with van der Waals surface area (Å²) >= 11 is 12.8. The maximum absolute atomic E-state index is 13.4. The Labute approximate surface area is 197 Å². The summed E-state index contributed by atoms with van der Waals surface area (Å²) < 4.78 is 1.57. The standard InChI is InChI=1S/C24H27Cl2N5O/c1-14-22(29-15(2)31(23(14)32)18-7-3-6-17(25)20(18)26)30-11-8-24(9-12-30)19(27)13-16-5-4-10-28-21(16)24/h3-5,7,10,17,19H,6,8-9,11-13,27H2,1-2H3/t17?,19-/m1/s1. The van der Waals surface area contributed by atoms with E-state index in [1.807, 2.05) is 38.3 Å². The zero-order chi connectivity index (χ0) is 22.6. The van der Waals surface area contributed by atoms with Crippen molar-refractivity contribution in [2.24, 2.45) is 5.73 Å². The number of alkyl halides is 1. The highest BCUT2D eigenvalue weighted by Crippen LogP contribution is 2.45. The van der Waals surface area contributed by atoms with E-state index in [1.54, 1.807) is 4.57 Å². The van der Waals surface area contributed by atoms with E-state index in [-0.39, 0.29) is 22.4 Å². The van der Waals surface area contributed by atoms with E-state index in [1.165, 1.54) is 5.56 Å². The summed E-state index contributed by atoms with van der Waals surface area (Å²) in [6.07, 6.45) is 8.98. The van der Waals surface area contributed by atoms with Crippen LogP contribution in [0.15, 0.2) is 40.3 Å². The molecule has 2 N–H and O–H groups in total. The topological polar surface area (TPSA) is 77.0 Å². The Morgan fingerprint density at radius 2 is 2.00 bits per heavy atom. The molecule has 0 bridgehead atoms. The number of halogens is 2. The molecular weight excluding hydrogens is 445 g/mol. The summed E-state index contributed by atoms with van der Waals surface area (Å²) in [5.74, 6) is 1.34. The van der Waals surface area contributed by atoms with Gasteiger partial charge < -0.3 is 10.6 Å². The molecule has 1 fully saturated rings. The van der Waals surface area contributed by atoms with E-state index in [4.69, 9.17) is 38.9 Å². The van der Waals surface area contributed by atoms with Crippen LogP contribution in [-0.2, 0) is 11.8 Å². The average Bonchev–Trinajstić information content (AvgIpc) is 3.05. The van der Waals surface area contributed by atoms with Crippen molar-refractivity contribution in [2.75, 3.05) is 18.0 Å². The molecule has 2 atom stereocenters. The predicted octanol–water partition coefficient (Wildman–Crippen LogP) is 3.65. The van der Waals surface area contributed by atoms with Crippen LogP contribution in [0, 0.1) is 13.8 Å². The summed E-state index contributed by atoms with van der Waals surface area (Å²) in [4.78, 5) is 25.1. The number of aryl methyl sites for hydroxylation is 1. The van der Waals surface area contributed by atoms with Gasteiger partial charge in [0, 0.05) is 30.7 Å². The SMILES string of the molecule is Cc1c(N2CCC3(CC2)c2ncccc2C[C@H]3N)nc(C)n(C2=C(Cl)C(Cl)CC=C2)c1=O. The molecule has 1 spiro atoms. The second-order valence-electron chi connectivity index (χ2n) is 9.05. The Kier molecular flexibility index (Phi) is 5.43. The zero-order valence-electron chi connectivity index (χ0n) is 18.3. The minimum atomic E-state index is -0.326. The predicted molar refractivity (Wildman–Crippen MR) is 129 cm³/mol. The van der Waals surface area contributed by atoms with Gasteiger partial charge in [0.2, 0.25) is 0 Å². The van der Waals surface area contributed by atoms with Crippen molar-refractivity contribution < 1.29 is 0 Å². The molecule has 168 valence electrons. The Bertz CT molecular complexity index is 1190. The Hall–Kier alpha value is -2.15. The second-order valence-corrected chi connectivity index (χ2v) is 9.99. The second kappa shape index (κ2) is 8.01. The Balaban J connectivity index is 1.46. The maximum Gasteiger partial charge on any atom is 0.263 e. The lowest BCUT2D eigenvalue weighted by molar-refractivity contribution is 0.285. The van der Waals surface area contributed by atoms with E-state index in [0.717, 1.165) is 43.9 Å². The summed E-state index contributed by atoms with van der Waals surface area (Å²) in [5, 5.41) is 0.156. The fourth-order valence-corrected chi connectivity index (χ4v) is 5.95. The van der Waals surface area contributed by atoms with Crippen LogP contribution in [0.2, 0.25) is 0 Å². The van der Waals surface area contributed by atoms with Crippen LogP contribution in [0.1, 0.15) is 41.9 Å². The molecule has 6 nitrogen and oxygen atoms in total. The minimum absolute atomic E-state index is 0.0778. The fraction of sp³-hybridized carbons (Fsp3) is 0.458. The molecule has 1 aliphatic heterocycles. The van der Waals surface area contributed by atoms with Crippen molar-refractivity contribution in [1.29, 1.82) is 0 Å². The minimum Gasteiger partial charge on any atom is -0.356 e. The molecule has 32 heavy (non-hydrogen) atoms. The zero-order valence-corrected chi connectivity index (χ0v) is 19.8. The lowest BCUT2D eigenvalue weighted by Gasteiger charge is -2.42. The van der Waals surface area contributed by atoms with Gasteiger partial charge in [-0.3, -0.25) is 14.3 Å². The van der Waals surface area contributed by atoms with E-state index >= 15 is 0 Å². The smallest absolute Gasteiger partial charge is 0.263 e. The average molecular weight is 472 g/mol. The molecule has 0 saturated carbocycles. The van der Waals surface area contributed by atoms with Gasteiger partial charge >= 0.3 is 0 Å². The van der Waals surface area contributed by atoms with Crippen molar-refractivity contribution >= 4 is 34.7 Å². The van der Waals surface area contributed by atoms with Crippen LogP contribution in [0.5, 0.6) is 0 Å². The highest BCUT2D eigenvalue weighted by atomic mass is 35.5. The van der Waals surface area contributed by atoms with Crippen LogP contribution in [0.3, 0.4) is 0 Å². The quantitative estimate of drug-likeness (QED) is 0.676. The monoisotopic (exact) mass is 471 g/mol. The number of piperidine rings is 1. The van der Waals surface area contributed by atoms with Crippen LogP contribution >= 0.6 is 23.2 Å². The third-order valence-electron chi connectivity index (χ3n) is 7.30. The van der Waals surface area contributed by atoms with E-state index in [2.05, 4.69) is 11.0 Å². The Morgan fingerprint density at radius 3 is 2.75 bits per heavy atom. The van der Waals surface area contributed by atoms with E-state index in [0.29, 0.717) is 28.5 Å². The number of hydrogen-bond acceptors (Lipinski definition) is 5. The molecule has 0 amide bonds. The summed E-state index contributed by atoms with van der Waals surface area (Å²) in [5.41, 5.74) is 10.1. The van der Waals surface area contributed by atoms with Gasteiger partial charge in [-0.05, 0) is 57.2 Å². The molecule has 8 heteroatoms. The van der Waals surface area contributed by atoms with Gasteiger partial charge in [0.05, 0.1) is 27.4 Å². The Morgan fingerprint density at radius 1 is 1.25 bits per heavy atom. The van der Waals surface area contributed by atoms with Gasteiger partial charge in [-0.2, -0.15) is 0 Å². The third kappa shape index (κ3) is 3.23. The van der Waals surface area contributed by atoms with E-state index in [9.17, 15) is 4.79 Å². The van der Waals surface area contributed by atoms with Gasteiger partial charge in [-0.25, -0.2) is 4.98 Å². The molecule has 3 aliphatic rings. The van der Waals surface area contributed by atoms with Gasteiger partial charge in [-0.15, -0.1) is 11.6 Å². The lowest BCUT2D eigenvalue weighted by Crippen LogP contribution is -2.51. The normalized spacial score (nSPS) is 24.3. The molecule has 1 saturated heterocycles. The number of aromatic nitrogens is 3. The molecule has 0 radical (unpaired) electrons. The van der Waals surface area contributed by atoms with Crippen LogP contribution < -0.4 is 16.2 Å². The van der Waals surface area contributed by atoms with Gasteiger partial charge in [0.25, 0.3) is 5.56 Å². The van der Waals surface area contributed by atoms with Crippen molar-refractivity contribution in [3.8, 4) is 0 Å². The first kappa shape index (κ1) is 21.7. The number of allylic oxidation sites excluding steroid dienone is 4. The molecule has 2 aromatic rings. The van der Waals surface area contributed by atoms with Gasteiger partial charge in [0.1, 0.15) is 11.6 Å². The molecule has 2 aliphatic carbocycles. The number of rotatable bonds is 2.